The Labute approximate surface area is 188 Å². The number of hydrogen-bond donors (Lipinski definition) is 3. The van der Waals surface area contributed by atoms with Crippen molar-refractivity contribution in [2.24, 2.45) is 5.92 Å². The first-order valence-corrected chi connectivity index (χ1v) is 11.1. The number of carboxylic acid groups (broad SMARTS) is 1. The van der Waals surface area contributed by atoms with Crippen LogP contribution in [0.2, 0.25) is 0 Å². The van der Waals surface area contributed by atoms with Crippen LogP contribution in [0, 0.1) is 5.92 Å². The van der Waals surface area contributed by atoms with Crippen molar-refractivity contribution >= 4 is 6.09 Å². The zero-order valence-corrected chi connectivity index (χ0v) is 17.9. The summed E-state index contributed by atoms with van der Waals surface area (Å²) in [5.41, 5.74) is 2.13. The van der Waals surface area contributed by atoms with Crippen molar-refractivity contribution in [1.82, 2.24) is 5.32 Å². The first-order chi connectivity index (χ1) is 15.6. The van der Waals surface area contributed by atoms with Gasteiger partial charge in [0.25, 0.3) is 0 Å². The van der Waals surface area contributed by atoms with Crippen LogP contribution in [0.1, 0.15) is 36.0 Å². The minimum Gasteiger partial charge on any atom is -0.465 e. The van der Waals surface area contributed by atoms with E-state index in [0.29, 0.717) is 25.9 Å². The van der Waals surface area contributed by atoms with E-state index < -0.39 is 17.8 Å². The number of hydrogen-bond acceptors (Lipinski definition) is 3. The summed E-state index contributed by atoms with van der Waals surface area (Å²) >= 11 is 0. The third-order valence-corrected chi connectivity index (χ3v) is 6.32. The molecule has 0 aliphatic heterocycles. The lowest BCUT2D eigenvalue weighted by molar-refractivity contribution is -0.0361. The van der Waals surface area contributed by atoms with Crippen LogP contribution in [0.25, 0.3) is 0 Å². The first kappa shape index (κ1) is 22.1. The number of aliphatic hydroxyl groups is 1. The number of carbonyl (C=O) groups is 1. The van der Waals surface area contributed by atoms with Crippen molar-refractivity contribution in [3.63, 3.8) is 0 Å². The molecule has 0 radical (unpaired) electrons. The Morgan fingerprint density at radius 3 is 1.75 bits per heavy atom. The van der Waals surface area contributed by atoms with Crippen molar-refractivity contribution in [3.8, 4) is 0 Å². The summed E-state index contributed by atoms with van der Waals surface area (Å²) in [6, 6.07) is 30.0. The Morgan fingerprint density at radius 2 is 1.31 bits per heavy atom. The van der Waals surface area contributed by atoms with E-state index in [9.17, 15) is 15.0 Å². The molecule has 4 rings (SSSR count). The molecular weight excluding hydrogens is 402 g/mol. The smallest absolute Gasteiger partial charge is 0.404 e. The van der Waals surface area contributed by atoms with Gasteiger partial charge in [0.2, 0.25) is 0 Å². The van der Waals surface area contributed by atoms with Crippen LogP contribution in [0.3, 0.4) is 0 Å². The second-order valence-corrected chi connectivity index (χ2v) is 8.37. The summed E-state index contributed by atoms with van der Waals surface area (Å²) < 4.78 is 6.84. The molecule has 0 spiro atoms. The van der Waals surface area contributed by atoms with Crippen LogP contribution in [-0.4, -0.2) is 35.1 Å². The van der Waals surface area contributed by atoms with Gasteiger partial charge >= 0.3 is 6.09 Å². The fourth-order valence-electron chi connectivity index (χ4n) is 4.77. The summed E-state index contributed by atoms with van der Waals surface area (Å²) in [5.74, 6) is -0.134. The Bertz CT molecular complexity index is 897. The summed E-state index contributed by atoms with van der Waals surface area (Å²) in [4.78, 5) is 11.3. The molecule has 0 saturated heterocycles. The highest BCUT2D eigenvalue weighted by Gasteiger charge is 2.40. The van der Waals surface area contributed by atoms with Crippen LogP contribution < -0.4 is 5.32 Å². The Morgan fingerprint density at radius 1 is 0.844 bits per heavy atom. The zero-order valence-electron chi connectivity index (χ0n) is 17.9. The number of rotatable bonds is 7. The van der Waals surface area contributed by atoms with Gasteiger partial charge in [0.15, 0.2) is 0 Å². The largest absolute Gasteiger partial charge is 0.465 e. The summed E-state index contributed by atoms with van der Waals surface area (Å²) in [7, 11) is 0. The molecule has 3 N–H and O–H groups in total. The molecule has 1 aliphatic carbocycles. The van der Waals surface area contributed by atoms with Gasteiger partial charge in [-0.15, -0.1) is 0 Å². The summed E-state index contributed by atoms with van der Waals surface area (Å²) in [5, 5.41) is 22.2. The quantitative estimate of drug-likeness (QED) is 0.470. The molecule has 5 nitrogen and oxygen atoms in total. The van der Waals surface area contributed by atoms with E-state index in [1.165, 1.54) is 0 Å². The molecule has 1 saturated carbocycles. The molecule has 32 heavy (non-hydrogen) atoms. The zero-order chi connectivity index (χ0) is 22.4. The fourth-order valence-corrected chi connectivity index (χ4v) is 4.77. The molecule has 1 amide bonds. The minimum absolute atomic E-state index is 0.134. The second kappa shape index (κ2) is 9.98. The van der Waals surface area contributed by atoms with Crippen molar-refractivity contribution in [2.75, 3.05) is 6.61 Å². The lowest BCUT2D eigenvalue weighted by atomic mass is 9.79. The SMILES string of the molecule is O=C(O)NC1CC[C@@H](O)CC1COC(c1ccccc1)(c1ccccc1)c1ccccc1. The molecular formula is C27H29NO4. The van der Waals surface area contributed by atoms with Gasteiger partial charge in [-0.25, -0.2) is 4.79 Å². The molecule has 3 aromatic rings. The van der Waals surface area contributed by atoms with E-state index in [0.717, 1.165) is 16.7 Å². The molecule has 1 fully saturated rings. The molecule has 0 aromatic heterocycles. The highest BCUT2D eigenvalue weighted by molar-refractivity contribution is 5.64. The van der Waals surface area contributed by atoms with Crippen molar-refractivity contribution in [3.05, 3.63) is 108 Å². The molecule has 2 unspecified atom stereocenters. The van der Waals surface area contributed by atoms with E-state index in [1.807, 2.05) is 54.6 Å². The summed E-state index contributed by atoms with van der Waals surface area (Å²) in [6.45, 7) is 0.306. The minimum atomic E-state index is -1.04. The van der Waals surface area contributed by atoms with Crippen molar-refractivity contribution in [1.29, 1.82) is 0 Å². The number of amides is 1. The molecule has 3 atom stereocenters. The number of aliphatic hydroxyl groups excluding tert-OH is 1. The van der Waals surface area contributed by atoms with Gasteiger partial charge in [-0.3, -0.25) is 0 Å². The maximum Gasteiger partial charge on any atom is 0.404 e. The Hall–Kier alpha value is -3.15. The van der Waals surface area contributed by atoms with Crippen molar-refractivity contribution < 1.29 is 19.7 Å². The maximum atomic E-state index is 11.3. The van der Waals surface area contributed by atoms with Gasteiger partial charge in [-0.05, 0) is 36.0 Å². The standard InChI is InChI=1S/C27H29NO4/c29-24-16-17-25(28-26(30)31)20(18-24)19-32-27(21-10-4-1-5-11-21,22-12-6-2-7-13-22)23-14-8-3-9-15-23/h1-15,20,24-25,28-29H,16-19H2,(H,30,31)/t20?,24-,25?/m1/s1. The maximum absolute atomic E-state index is 11.3. The van der Waals surface area contributed by atoms with E-state index in [2.05, 4.69) is 41.7 Å². The monoisotopic (exact) mass is 431 g/mol. The molecule has 0 heterocycles. The van der Waals surface area contributed by atoms with E-state index in [4.69, 9.17) is 4.74 Å². The normalized spacial score (nSPS) is 21.1. The second-order valence-electron chi connectivity index (χ2n) is 8.37. The number of benzene rings is 3. The van der Waals surface area contributed by atoms with Crippen molar-refractivity contribution in [2.45, 2.75) is 37.0 Å². The predicted octanol–water partition coefficient (Wildman–Crippen LogP) is 4.79. The van der Waals surface area contributed by atoms with Crippen LogP contribution >= 0.6 is 0 Å². The van der Waals surface area contributed by atoms with E-state index in [-0.39, 0.29) is 12.0 Å². The van der Waals surface area contributed by atoms with Gasteiger partial charge in [0.05, 0.1) is 12.7 Å². The molecule has 0 bridgehead atoms. The molecule has 5 heteroatoms. The molecule has 166 valence electrons. The fraction of sp³-hybridized carbons (Fsp3) is 0.296. The van der Waals surface area contributed by atoms with Gasteiger partial charge in [0, 0.05) is 12.0 Å². The van der Waals surface area contributed by atoms with E-state index >= 15 is 0 Å². The van der Waals surface area contributed by atoms with E-state index in [1.54, 1.807) is 0 Å². The van der Waals surface area contributed by atoms with Gasteiger partial charge in [-0.2, -0.15) is 0 Å². The first-order valence-electron chi connectivity index (χ1n) is 11.1. The topological polar surface area (TPSA) is 78.8 Å². The third-order valence-electron chi connectivity index (χ3n) is 6.32. The average molecular weight is 432 g/mol. The van der Waals surface area contributed by atoms with Gasteiger partial charge < -0.3 is 20.3 Å². The summed E-state index contributed by atoms with van der Waals surface area (Å²) in [6.07, 6.45) is 0.185. The predicted molar refractivity (Wildman–Crippen MR) is 123 cm³/mol. The van der Waals surface area contributed by atoms with Crippen LogP contribution in [0.4, 0.5) is 4.79 Å². The Kier molecular flexibility index (Phi) is 6.88. The highest BCUT2D eigenvalue weighted by Crippen LogP contribution is 2.41. The average Bonchev–Trinajstić information content (AvgIpc) is 2.83. The lowest BCUT2D eigenvalue weighted by Crippen LogP contribution is -2.47. The number of ether oxygens (including phenoxy) is 1. The van der Waals surface area contributed by atoms with Gasteiger partial charge in [0.1, 0.15) is 5.60 Å². The lowest BCUT2D eigenvalue weighted by Gasteiger charge is -2.40. The highest BCUT2D eigenvalue weighted by atomic mass is 16.5. The molecule has 1 aliphatic rings. The number of nitrogens with one attached hydrogen (secondary N) is 1. The van der Waals surface area contributed by atoms with Gasteiger partial charge in [-0.1, -0.05) is 91.0 Å². The molecule has 3 aromatic carbocycles. The third kappa shape index (κ3) is 4.69. The van der Waals surface area contributed by atoms with Crippen LogP contribution in [-0.2, 0) is 10.3 Å². The van der Waals surface area contributed by atoms with Crippen LogP contribution in [0.5, 0.6) is 0 Å². The van der Waals surface area contributed by atoms with Crippen LogP contribution in [0.15, 0.2) is 91.0 Å². The Balaban J connectivity index is 1.76.